The van der Waals surface area contributed by atoms with Crippen LogP contribution in [0.25, 0.3) is 0 Å². The van der Waals surface area contributed by atoms with E-state index in [2.05, 4.69) is 10.6 Å². The van der Waals surface area contributed by atoms with Crippen LogP contribution in [0.4, 0.5) is 4.39 Å². The van der Waals surface area contributed by atoms with Crippen molar-refractivity contribution >= 4 is 17.2 Å². The molecule has 0 saturated carbocycles. The van der Waals surface area contributed by atoms with Crippen molar-refractivity contribution in [2.24, 2.45) is 0 Å². The summed E-state index contributed by atoms with van der Waals surface area (Å²) in [5, 5.41) is 18.3. The van der Waals surface area contributed by atoms with Crippen molar-refractivity contribution in [2.45, 2.75) is 24.8 Å². The molecule has 1 amide bonds. The van der Waals surface area contributed by atoms with Gasteiger partial charge < -0.3 is 20.5 Å². The second-order valence-corrected chi connectivity index (χ2v) is 6.68. The van der Waals surface area contributed by atoms with Crippen LogP contribution in [0.2, 0.25) is 0 Å². The number of hydrogen-bond acceptors (Lipinski definition) is 5. The molecule has 0 aliphatic carbocycles. The number of ether oxygens (including phenoxy) is 1. The molecule has 1 aromatic heterocycles. The van der Waals surface area contributed by atoms with Crippen LogP contribution in [0.3, 0.4) is 0 Å². The van der Waals surface area contributed by atoms with Crippen LogP contribution < -0.4 is 10.6 Å². The lowest BCUT2D eigenvalue weighted by Crippen LogP contribution is -2.44. The summed E-state index contributed by atoms with van der Waals surface area (Å²) in [6, 6.07) is 9.15. The number of thiophene rings is 1. The molecule has 1 aliphatic rings. The largest absolute Gasteiger partial charge is 0.389 e. The Hall–Kier alpha value is -1.80. The molecule has 3 N–H and O–H groups in total. The first-order valence-corrected chi connectivity index (χ1v) is 8.60. The molecule has 3 rings (SSSR count). The predicted octanol–water partition coefficient (Wildman–Crippen LogP) is 1.54. The standard InChI is InChI=1S/C17H19FN2O3S/c18-12-5-3-11(4-6-12)17(22)20-9-15-16(21)14(10-23-15)19-8-13-2-1-7-24-13/h1-7,14-16,19,21H,8-10H2,(H,20,22)/t14-,15-,16+/m1/s1. The van der Waals surface area contributed by atoms with Gasteiger partial charge >= 0.3 is 0 Å². The number of halogens is 1. The van der Waals surface area contributed by atoms with Gasteiger partial charge in [-0.05, 0) is 35.7 Å². The van der Waals surface area contributed by atoms with Crippen LogP contribution in [0.1, 0.15) is 15.2 Å². The first kappa shape index (κ1) is 17.0. The molecule has 128 valence electrons. The van der Waals surface area contributed by atoms with Gasteiger partial charge in [-0.25, -0.2) is 4.39 Å². The van der Waals surface area contributed by atoms with Gasteiger partial charge in [-0.3, -0.25) is 4.79 Å². The highest BCUT2D eigenvalue weighted by Crippen LogP contribution is 2.16. The van der Waals surface area contributed by atoms with Gasteiger partial charge in [0.15, 0.2) is 0 Å². The van der Waals surface area contributed by atoms with Crippen molar-refractivity contribution in [1.82, 2.24) is 10.6 Å². The van der Waals surface area contributed by atoms with Crippen molar-refractivity contribution in [3.05, 3.63) is 58.0 Å². The maximum absolute atomic E-state index is 12.9. The second kappa shape index (κ2) is 7.85. The minimum absolute atomic E-state index is 0.167. The van der Waals surface area contributed by atoms with Crippen LogP contribution in [0.5, 0.6) is 0 Å². The Morgan fingerprint density at radius 2 is 2.12 bits per heavy atom. The smallest absolute Gasteiger partial charge is 0.251 e. The summed E-state index contributed by atoms with van der Waals surface area (Å²) in [4.78, 5) is 13.2. The van der Waals surface area contributed by atoms with Crippen molar-refractivity contribution in [2.75, 3.05) is 13.2 Å². The van der Waals surface area contributed by atoms with Gasteiger partial charge in [0.1, 0.15) is 11.9 Å². The zero-order chi connectivity index (χ0) is 16.9. The fourth-order valence-electron chi connectivity index (χ4n) is 2.58. The maximum Gasteiger partial charge on any atom is 0.251 e. The lowest BCUT2D eigenvalue weighted by Gasteiger charge is -2.18. The maximum atomic E-state index is 12.9. The van der Waals surface area contributed by atoms with Gasteiger partial charge in [0.05, 0.1) is 18.8 Å². The normalized spacial score (nSPS) is 23.3. The van der Waals surface area contributed by atoms with E-state index in [0.29, 0.717) is 18.7 Å². The average Bonchev–Trinajstić information content (AvgIpc) is 3.21. The predicted molar refractivity (Wildman–Crippen MR) is 89.4 cm³/mol. The lowest BCUT2D eigenvalue weighted by molar-refractivity contribution is 0.0398. The van der Waals surface area contributed by atoms with E-state index < -0.39 is 12.2 Å². The first-order valence-electron chi connectivity index (χ1n) is 7.72. The van der Waals surface area contributed by atoms with Crippen LogP contribution in [-0.4, -0.2) is 42.4 Å². The van der Waals surface area contributed by atoms with Crippen molar-refractivity contribution in [1.29, 1.82) is 0 Å². The van der Waals surface area contributed by atoms with Gasteiger partial charge in [0.2, 0.25) is 0 Å². The number of aliphatic hydroxyl groups is 1. The fourth-order valence-corrected chi connectivity index (χ4v) is 3.24. The number of rotatable bonds is 6. The third-order valence-electron chi connectivity index (χ3n) is 3.97. The summed E-state index contributed by atoms with van der Waals surface area (Å²) in [5.41, 5.74) is 0.372. The zero-order valence-corrected chi connectivity index (χ0v) is 13.8. The fraction of sp³-hybridized carbons (Fsp3) is 0.353. The molecule has 0 spiro atoms. The SMILES string of the molecule is O=C(NC[C@H]1OC[C@@H](NCc2cccs2)[C@@H]1O)c1ccc(F)cc1. The minimum Gasteiger partial charge on any atom is -0.389 e. The monoisotopic (exact) mass is 350 g/mol. The molecule has 0 unspecified atom stereocenters. The van der Waals surface area contributed by atoms with Gasteiger partial charge in [-0.2, -0.15) is 0 Å². The Kier molecular flexibility index (Phi) is 5.57. The summed E-state index contributed by atoms with van der Waals surface area (Å²) in [5.74, 6) is -0.707. The Labute approximate surface area is 143 Å². The summed E-state index contributed by atoms with van der Waals surface area (Å²) >= 11 is 1.65. The third kappa shape index (κ3) is 4.18. The number of hydrogen-bond donors (Lipinski definition) is 3. The number of nitrogens with one attached hydrogen (secondary N) is 2. The molecule has 3 atom stereocenters. The lowest BCUT2D eigenvalue weighted by atomic mass is 10.1. The Morgan fingerprint density at radius 1 is 1.33 bits per heavy atom. The molecule has 2 aromatic rings. The zero-order valence-electron chi connectivity index (χ0n) is 12.9. The molecule has 7 heteroatoms. The minimum atomic E-state index is -0.696. The van der Waals surface area contributed by atoms with E-state index >= 15 is 0 Å². The van der Waals surface area contributed by atoms with E-state index in [1.165, 1.54) is 29.1 Å². The third-order valence-corrected chi connectivity index (χ3v) is 4.85. The van der Waals surface area contributed by atoms with Crippen LogP contribution >= 0.6 is 11.3 Å². The quantitative estimate of drug-likeness (QED) is 0.739. The molecule has 0 radical (unpaired) electrons. The molecule has 0 bridgehead atoms. The van der Waals surface area contributed by atoms with E-state index in [1.54, 1.807) is 11.3 Å². The van der Waals surface area contributed by atoms with Gasteiger partial charge in [-0.15, -0.1) is 11.3 Å². The highest BCUT2D eigenvalue weighted by atomic mass is 32.1. The molecular formula is C17H19FN2O3S. The Balaban J connectivity index is 1.46. The van der Waals surface area contributed by atoms with Gasteiger partial charge in [0.25, 0.3) is 5.91 Å². The number of benzene rings is 1. The highest BCUT2D eigenvalue weighted by molar-refractivity contribution is 7.09. The topological polar surface area (TPSA) is 70.6 Å². The Morgan fingerprint density at radius 3 is 2.83 bits per heavy atom. The van der Waals surface area contributed by atoms with E-state index in [-0.39, 0.29) is 24.3 Å². The molecule has 1 aromatic carbocycles. The molecular weight excluding hydrogens is 331 g/mol. The average molecular weight is 350 g/mol. The molecule has 1 saturated heterocycles. The molecule has 5 nitrogen and oxygen atoms in total. The van der Waals surface area contributed by atoms with Crippen molar-refractivity contribution in [3.63, 3.8) is 0 Å². The van der Waals surface area contributed by atoms with Gasteiger partial charge in [0, 0.05) is 23.5 Å². The molecule has 2 heterocycles. The summed E-state index contributed by atoms with van der Waals surface area (Å²) < 4.78 is 18.4. The summed E-state index contributed by atoms with van der Waals surface area (Å²) in [7, 11) is 0. The van der Waals surface area contributed by atoms with Crippen molar-refractivity contribution in [3.8, 4) is 0 Å². The highest BCUT2D eigenvalue weighted by Gasteiger charge is 2.35. The van der Waals surface area contributed by atoms with Crippen molar-refractivity contribution < 1.29 is 19.0 Å². The first-order chi connectivity index (χ1) is 11.6. The number of carbonyl (C=O) groups excluding carboxylic acids is 1. The van der Waals surface area contributed by atoms with E-state index in [4.69, 9.17) is 4.74 Å². The molecule has 24 heavy (non-hydrogen) atoms. The summed E-state index contributed by atoms with van der Waals surface area (Å²) in [6.45, 7) is 1.27. The molecule has 1 fully saturated rings. The summed E-state index contributed by atoms with van der Waals surface area (Å²) in [6.07, 6.45) is -1.16. The number of aliphatic hydroxyl groups excluding tert-OH is 1. The van der Waals surface area contributed by atoms with E-state index in [0.717, 1.165) is 0 Å². The Bertz CT molecular complexity index is 663. The van der Waals surface area contributed by atoms with Crippen LogP contribution in [0, 0.1) is 5.82 Å². The molecule has 1 aliphatic heterocycles. The van der Waals surface area contributed by atoms with Crippen LogP contribution in [0.15, 0.2) is 41.8 Å². The second-order valence-electron chi connectivity index (χ2n) is 5.65. The van der Waals surface area contributed by atoms with Crippen LogP contribution in [-0.2, 0) is 11.3 Å². The van der Waals surface area contributed by atoms with E-state index in [1.807, 2.05) is 17.5 Å². The van der Waals surface area contributed by atoms with E-state index in [9.17, 15) is 14.3 Å². The number of carbonyl (C=O) groups is 1. The van der Waals surface area contributed by atoms with Gasteiger partial charge in [-0.1, -0.05) is 6.07 Å². The number of amides is 1.